The number of benzene rings is 1. The Balaban J connectivity index is 2.12. The maximum atomic E-state index is 12.2. The van der Waals surface area contributed by atoms with Gasteiger partial charge in [0.2, 0.25) is 11.8 Å². The molecule has 1 aliphatic rings. The number of hydrogen-bond donors (Lipinski definition) is 0. The first-order valence-corrected chi connectivity index (χ1v) is 7.23. The van der Waals surface area contributed by atoms with Gasteiger partial charge in [0, 0.05) is 18.1 Å². The third-order valence-corrected chi connectivity index (χ3v) is 3.75. The molecular weight excluding hydrogens is 276 g/mol. The van der Waals surface area contributed by atoms with Gasteiger partial charge in [-0.25, -0.2) is 0 Å². The molecule has 20 heavy (non-hydrogen) atoms. The van der Waals surface area contributed by atoms with Crippen molar-refractivity contribution in [1.29, 1.82) is 0 Å². The van der Waals surface area contributed by atoms with E-state index in [9.17, 15) is 9.59 Å². The van der Waals surface area contributed by atoms with Gasteiger partial charge in [-0.2, -0.15) is 0 Å². The monoisotopic (exact) mass is 294 g/mol. The lowest BCUT2D eigenvalue weighted by Crippen LogP contribution is -2.58. The fourth-order valence-electron chi connectivity index (χ4n) is 2.46. The molecule has 0 radical (unpaired) electrons. The van der Waals surface area contributed by atoms with Gasteiger partial charge < -0.3 is 9.80 Å². The molecule has 0 aliphatic carbocycles. The van der Waals surface area contributed by atoms with Gasteiger partial charge in [-0.05, 0) is 31.0 Å². The number of halogens is 1. The molecule has 1 aliphatic heterocycles. The normalized spacial score (nSPS) is 19.6. The van der Waals surface area contributed by atoms with Crippen LogP contribution in [-0.4, -0.2) is 40.7 Å². The van der Waals surface area contributed by atoms with E-state index in [0.29, 0.717) is 18.1 Å². The Labute approximate surface area is 124 Å². The topological polar surface area (TPSA) is 40.6 Å². The SMILES string of the molecule is CCCN1CC(=O)N(Cc2cccc(Cl)c2)[C@H](C)C1=O. The predicted octanol–water partition coefficient (Wildman–Crippen LogP) is 2.31. The van der Waals surface area contributed by atoms with Crippen molar-refractivity contribution in [2.45, 2.75) is 32.9 Å². The van der Waals surface area contributed by atoms with Crippen LogP contribution in [0, 0.1) is 0 Å². The molecule has 4 nitrogen and oxygen atoms in total. The molecule has 2 rings (SSSR count). The minimum Gasteiger partial charge on any atom is -0.332 e. The van der Waals surface area contributed by atoms with E-state index in [1.165, 1.54) is 0 Å². The third kappa shape index (κ3) is 3.12. The average Bonchev–Trinajstić information content (AvgIpc) is 2.41. The summed E-state index contributed by atoms with van der Waals surface area (Å²) in [4.78, 5) is 27.7. The zero-order valence-corrected chi connectivity index (χ0v) is 12.6. The van der Waals surface area contributed by atoms with E-state index >= 15 is 0 Å². The molecular formula is C15H19ClN2O2. The zero-order valence-electron chi connectivity index (χ0n) is 11.8. The van der Waals surface area contributed by atoms with E-state index in [1.54, 1.807) is 22.8 Å². The van der Waals surface area contributed by atoms with Crippen LogP contribution in [0.4, 0.5) is 0 Å². The molecule has 1 saturated heterocycles. The summed E-state index contributed by atoms with van der Waals surface area (Å²) < 4.78 is 0. The molecule has 1 atom stereocenters. The predicted molar refractivity (Wildman–Crippen MR) is 78.3 cm³/mol. The summed E-state index contributed by atoms with van der Waals surface area (Å²) in [5, 5.41) is 0.638. The molecule has 1 aromatic carbocycles. The van der Waals surface area contributed by atoms with Crippen LogP contribution in [0.25, 0.3) is 0 Å². The van der Waals surface area contributed by atoms with Crippen molar-refractivity contribution in [2.75, 3.05) is 13.1 Å². The Hall–Kier alpha value is -1.55. The highest BCUT2D eigenvalue weighted by molar-refractivity contribution is 6.30. The van der Waals surface area contributed by atoms with Crippen LogP contribution in [0.5, 0.6) is 0 Å². The molecule has 0 unspecified atom stereocenters. The third-order valence-electron chi connectivity index (χ3n) is 3.52. The lowest BCUT2D eigenvalue weighted by Gasteiger charge is -2.38. The van der Waals surface area contributed by atoms with Crippen molar-refractivity contribution in [1.82, 2.24) is 9.80 Å². The largest absolute Gasteiger partial charge is 0.332 e. The first-order valence-electron chi connectivity index (χ1n) is 6.85. The van der Waals surface area contributed by atoms with Crippen LogP contribution in [0.3, 0.4) is 0 Å². The molecule has 1 heterocycles. The molecule has 0 bridgehead atoms. The average molecular weight is 295 g/mol. The van der Waals surface area contributed by atoms with Gasteiger partial charge in [0.1, 0.15) is 6.04 Å². The van der Waals surface area contributed by atoms with Crippen LogP contribution < -0.4 is 0 Å². The van der Waals surface area contributed by atoms with Crippen molar-refractivity contribution in [3.8, 4) is 0 Å². The van der Waals surface area contributed by atoms with E-state index in [4.69, 9.17) is 11.6 Å². The minimum atomic E-state index is -0.415. The number of carbonyl (C=O) groups is 2. The first kappa shape index (κ1) is 14.9. The number of rotatable bonds is 4. The lowest BCUT2D eigenvalue weighted by atomic mass is 10.1. The molecule has 0 spiro atoms. The Morgan fingerprint density at radius 2 is 2.10 bits per heavy atom. The minimum absolute atomic E-state index is 0.00877. The Bertz CT molecular complexity index is 518. The Morgan fingerprint density at radius 1 is 1.35 bits per heavy atom. The van der Waals surface area contributed by atoms with Crippen LogP contribution in [0.15, 0.2) is 24.3 Å². The van der Waals surface area contributed by atoms with E-state index in [2.05, 4.69) is 0 Å². The van der Waals surface area contributed by atoms with Gasteiger partial charge in [0.15, 0.2) is 0 Å². The van der Waals surface area contributed by atoms with E-state index in [-0.39, 0.29) is 18.4 Å². The molecule has 1 fully saturated rings. The number of nitrogens with zero attached hydrogens (tertiary/aromatic N) is 2. The highest BCUT2D eigenvalue weighted by atomic mass is 35.5. The summed E-state index contributed by atoms with van der Waals surface area (Å²) in [7, 11) is 0. The molecule has 0 aromatic heterocycles. The van der Waals surface area contributed by atoms with E-state index in [0.717, 1.165) is 12.0 Å². The fraction of sp³-hybridized carbons (Fsp3) is 0.467. The van der Waals surface area contributed by atoms with Gasteiger partial charge in [-0.15, -0.1) is 0 Å². The first-order chi connectivity index (χ1) is 9.52. The second-order valence-electron chi connectivity index (χ2n) is 5.09. The van der Waals surface area contributed by atoms with Crippen LogP contribution in [0.1, 0.15) is 25.8 Å². The maximum absolute atomic E-state index is 12.2. The number of piperazine rings is 1. The molecule has 1 aromatic rings. The molecule has 0 N–H and O–H groups in total. The van der Waals surface area contributed by atoms with Gasteiger partial charge in [0.25, 0.3) is 0 Å². The zero-order chi connectivity index (χ0) is 14.7. The number of hydrogen-bond acceptors (Lipinski definition) is 2. The Morgan fingerprint density at radius 3 is 2.75 bits per heavy atom. The number of carbonyl (C=O) groups excluding carboxylic acids is 2. The smallest absolute Gasteiger partial charge is 0.245 e. The quantitative estimate of drug-likeness (QED) is 0.855. The summed E-state index contributed by atoms with van der Waals surface area (Å²) in [5.74, 6) is 0.0130. The second-order valence-corrected chi connectivity index (χ2v) is 5.52. The van der Waals surface area contributed by atoms with Crippen molar-refractivity contribution in [3.05, 3.63) is 34.9 Å². The van der Waals surface area contributed by atoms with Crippen molar-refractivity contribution in [3.63, 3.8) is 0 Å². The lowest BCUT2D eigenvalue weighted by molar-refractivity contribution is -0.155. The highest BCUT2D eigenvalue weighted by Gasteiger charge is 2.35. The van der Waals surface area contributed by atoms with Crippen molar-refractivity contribution < 1.29 is 9.59 Å². The van der Waals surface area contributed by atoms with E-state index in [1.807, 2.05) is 25.1 Å². The van der Waals surface area contributed by atoms with Gasteiger partial charge in [0.05, 0.1) is 6.54 Å². The molecule has 0 saturated carbocycles. The fourth-order valence-corrected chi connectivity index (χ4v) is 2.67. The standard InChI is InChI=1S/C15H19ClN2O2/c1-3-7-17-10-14(19)18(11(2)15(17)20)9-12-5-4-6-13(16)8-12/h4-6,8,11H,3,7,9-10H2,1-2H3/t11-/m1/s1. The second kappa shape index (κ2) is 6.27. The number of amides is 2. The molecule has 108 valence electrons. The Kier molecular flexibility index (Phi) is 4.65. The maximum Gasteiger partial charge on any atom is 0.245 e. The van der Waals surface area contributed by atoms with Gasteiger partial charge in [-0.1, -0.05) is 30.7 Å². The van der Waals surface area contributed by atoms with Crippen LogP contribution in [0.2, 0.25) is 5.02 Å². The van der Waals surface area contributed by atoms with Gasteiger partial charge >= 0.3 is 0 Å². The van der Waals surface area contributed by atoms with Crippen molar-refractivity contribution >= 4 is 23.4 Å². The van der Waals surface area contributed by atoms with Crippen LogP contribution >= 0.6 is 11.6 Å². The highest BCUT2D eigenvalue weighted by Crippen LogP contribution is 2.18. The van der Waals surface area contributed by atoms with Gasteiger partial charge in [-0.3, -0.25) is 9.59 Å². The molecule has 2 amide bonds. The summed E-state index contributed by atoms with van der Waals surface area (Å²) in [5.41, 5.74) is 0.939. The summed E-state index contributed by atoms with van der Waals surface area (Å²) in [6.07, 6.45) is 0.861. The summed E-state index contributed by atoms with van der Waals surface area (Å²) in [6.45, 7) is 5.02. The summed E-state index contributed by atoms with van der Waals surface area (Å²) in [6, 6.07) is 6.96. The molecule has 5 heteroatoms. The van der Waals surface area contributed by atoms with E-state index < -0.39 is 6.04 Å². The van der Waals surface area contributed by atoms with Crippen molar-refractivity contribution in [2.24, 2.45) is 0 Å². The van der Waals surface area contributed by atoms with Crippen LogP contribution in [-0.2, 0) is 16.1 Å². The summed E-state index contributed by atoms with van der Waals surface area (Å²) >= 11 is 5.95.